The topological polar surface area (TPSA) is 82.1 Å². The third-order valence-corrected chi connectivity index (χ3v) is 3.34. The molecule has 0 heterocycles. The van der Waals surface area contributed by atoms with E-state index >= 15 is 0 Å². The van der Waals surface area contributed by atoms with E-state index in [0.717, 1.165) is 5.56 Å². The lowest BCUT2D eigenvalue weighted by atomic mass is 10.1. The van der Waals surface area contributed by atoms with Gasteiger partial charge >= 0.3 is 5.97 Å². The first-order valence-corrected chi connectivity index (χ1v) is 7.42. The molecule has 0 bridgehead atoms. The first-order valence-electron chi connectivity index (χ1n) is 7.42. The van der Waals surface area contributed by atoms with Crippen molar-refractivity contribution in [2.24, 2.45) is 0 Å². The van der Waals surface area contributed by atoms with Crippen molar-refractivity contribution in [3.63, 3.8) is 0 Å². The van der Waals surface area contributed by atoms with Crippen LogP contribution in [0.4, 0.5) is 0 Å². The van der Waals surface area contributed by atoms with Crippen LogP contribution in [0.1, 0.15) is 15.9 Å². The number of hydrogen-bond donors (Lipinski definition) is 1. The normalized spacial score (nSPS) is 10.5. The molecule has 6 nitrogen and oxygen atoms in total. The molecule has 1 N–H and O–H groups in total. The average molecular weight is 342 g/mol. The van der Waals surface area contributed by atoms with Gasteiger partial charge in [0.25, 0.3) is 0 Å². The molecule has 2 aromatic carbocycles. The fourth-order valence-electron chi connectivity index (χ4n) is 2.08. The molecule has 0 atom stereocenters. The number of ketones is 1. The average Bonchev–Trinajstić information content (AvgIpc) is 2.64. The van der Waals surface area contributed by atoms with E-state index in [-0.39, 0.29) is 5.78 Å². The molecule has 2 aromatic rings. The molecule has 6 heteroatoms. The van der Waals surface area contributed by atoms with Gasteiger partial charge in [0.15, 0.2) is 12.4 Å². The number of carbonyl (C=O) groups excluding carboxylic acids is 1. The number of carboxylic acid groups (broad SMARTS) is 1. The Morgan fingerprint density at radius 1 is 1.00 bits per heavy atom. The second-order valence-corrected chi connectivity index (χ2v) is 5.02. The third-order valence-electron chi connectivity index (χ3n) is 3.34. The van der Waals surface area contributed by atoms with Gasteiger partial charge in [0.1, 0.15) is 17.2 Å². The zero-order valence-corrected chi connectivity index (χ0v) is 13.9. The Balaban J connectivity index is 2.08. The van der Waals surface area contributed by atoms with Crippen molar-refractivity contribution in [1.29, 1.82) is 0 Å². The van der Waals surface area contributed by atoms with Crippen LogP contribution in [0.25, 0.3) is 6.08 Å². The highest BCUT2D eigenvalue weighted by Gasteiger charge is 2.10. The van der Waals surface area contributed by atoms with Crippen molar-refractivity contribution in [1.82, 2.24) is 0 Å². The number of aliphatic carboxylic acids is 1. The zero-order chi connectivity index (χ0) is 18.2. The summed E-state index contributed by atoms with van der Waals surface area (Å²) in [6, 6.07) is 11.7. The number of benzene rings is 2. The molecular formula is C19H18O6. The zero-order valence-electron chi connectivity index (χ0n) is 13.9. The Morgan fingerprint density at radius 2 is 1.68 bits per heavy atom. The van der Waals surface area contributed by atoms with Crippen LogP contribution in [0.3, 0.4) is 0 Å². The number of ether oxygens (including phenoxy) is 3. The SMILES string of the molecule is COc1ccc(C(=O)C=Cc2ccc(OCC(=O)O)cc2)c(OC)c1. The van der Waals surface area contributed by atoms with Crippen LogP contribution < -0.4 is 14.2 Å². The van der Waals surface area contributed by atoms with Gasteiger partial charge in [-0.25, -0.2) is 4.79 Å². The maximum absolute atomic E-state index is 12.3. The number of rotatable bonds is 8. The van der Waals surface area contributed by atoms with E-state index in [2.05, 4.69) is 0 Å². The number of methoxy groups -OCH3 is 2. The van der Waals surface area contributed by atoms with Crippen molar-refractivity contribution in [3.05, 3.63) is 59.7 Å². The van der Waals surface area contributed by atoms with Gasteiger partial charge in [-0.1, -0.05) is 18.2 Å². The summed E-state index contributed by atoms with van der Waals surface area (Å²) < 4.78 is 15.4. The Hall–Kier alpha value is -3.28. The molecule has 0 saturated carbocycles. The van der Waals surface area contributed by atoms with Crippen molar-refractivity contribution in [3.8, 4) is 17.2 Å². The third kappa shape index (κ3) is 5.10. The first-order chi connectivity index (χ1) is 12.0. The van der Waals surface area contributed by atoms with E-state index in [0.29, 0.717) is 22.8 Å². The molecule has 0 aliphatic rings. The van der Waals surface area contributed by atoms with Crippen molar-refractivity contribution < 1.29 is 28.9 Å². The van der Waals surface area contributed by atoms with Gasteiger partial charge in [-0.3, -0.25) is 4.79 Å². The molecule has 0 saturated heterocycles. The quantitative estimate of drug-likeness (QED) is 0.586. The number of hydrogen-bond acceptors (Lipinski definition) is 5. The molecule has 0 aliphatic heterocycles. The summed E-state index contributed by atoms with van der Waals surface area (Å²) in [7, 11) is 3.03. The van der Waals surface area contributed by atoms with Crippen LogP contribution in [0, 0.1) is 0 Å². The van der Waals surface area contributed by atoms with Crippen molar-refractivity contribution >= 4 is 17.8 Å². The fraction of sp³-hybridized carbons (Fsp3) is 0.158. The predicted octanol–water partition coefficient (Wildman–Crippen LogP) is 3.06. The Labute approximate surface area is 145 Å². The molecule has 0 spiro atoms. The summed E-state index contributed by atoms with van der Waals surface area (Å²) in [5.41, 5.74) is 1.21. The molecule has 0 unspecified atom stereocenters. The second-order valence-electron chi connectivity index (χ2n) is 5.02. The Morgan fingerprint density at radius 3 is 2.28 bits per heavy atom. The summed E-state index contributed by atoms with van der Waals surface area (Å²) in [4.78, 5) is 22.8. The largest absolute Gasteiger partial charge is 0.497 e. The minimum Gasteiger partial charge on any atom is -0.497 e. The summed E-state index contributed by atoms with van der Waals surface area (Å²) in [6.07, 6.45) is 3.10. The lowest BCUT2D eigenvalue weighted by Crippen LogP contribution is -2.09. The minimum absolute atomic E-state index is 0.203. The summed E-state index contributed by atoms with van der Waals surface area (Å²) >= 11 is 0. The summed E-state index contributed by atoms with van der Waals surface area (Å²) in [5.74, 6) is 0.247. The highest BCUT2D eigenvalue weighted by molar-refractivity contribution is 6.08. The van der Waals surface area contributed by atoms with E-state index in [1.807, 2.05) is 0 Å². The van der Waals surface area contributed by atoms with Gasteiger partial charge in [-0.15, -0.1) is 0 Å². The lowest BCUT2D eigenvalue weighted by Gasteiger charge is -2.08. The first kappa shape index (κ1) is 18.1. The molecule has 0 aliphatic carbocycles. The lowest BCUT2D eigenvalue weighted by molar-refractivity contribution is -0.139. The predicted molar refractivity (Wildman–Crippen MR) is 92.5 cm³/mol. The van der Waals surface area contributed by atoms with Crippen LogP contribution in [-0.4, -0.2) is 37.7 Å². The van der Waals surface area contributed by atoms with E-state index in [4.69, 9.17) is 19.3 Å². The van der Waals surface area contributed by atoms with E-state index in [1.54, 1.807) is 55.7 Å². The second kappa shape index (κ2) is 8.54. The molecular weight excluding hydrogens is 324 g/mol. The van der Waals surface area contributed by atoms with Gasteiger partial charge in [0.2, 0.25) is 0 Å². The highest BCUT2D eigenvalue weighted by Crippen LogP contribution is 2.25. The van der Waals surface area contributed by atoms with Gasteiger partial charge in [-0.05, 0) is 35.9 Å². The van der Waals surface area contributed by atoms with Gasteiger partial charge in [0, 0.05) is 6.07 Å². The van der Waals surface area contributed by atoms with Crippen LogP contribution in [-0.2, 0) is 4.79 Å². The Bertz CT molecular complexity index is 777. The summed E-state index contributed by atoms with van der Waals surface area (Å²) in [5, 5.41) is 8.57. The van der Waals surface area contributed by atoms with Gasteiger partial charge in [0.05, 0.1) is 19.8 Å². The minimum atomic E-state index is -1.04. The van der Waals surface area contributed by atoms with Crippen LogP contribution in [0.15, 0.2) is 48.5 Å². The van der Waals surface area contributed by atoms with Gasteiger partial charge < -0.3 is 19.3 Å². The fourth-order valence-corrected chi connectivity index (χ4v) is 2.08. The smallest absolute Gasteiger partial charge is 0.341 e. The standard InChI is InChI=1S/C19H18O6/c1-23-15-8-9-16(18(11-15)24-2)17(20)10-5-13-3-6-14(7-4-13)25-12-19(21)22/h3-11H,12H2,1-2H3,(H,21,22). The molecule has 0 amide bonds. The molecule has 0 radical (unpaired) electrons. The molecule has 0 aromatic heterocycles. The van der Waals surface area contributed by atoms with E-state index in [9.17, 15) is 9.59 Å². The van der Waals surface area contributed by atoms with Crippen molar-refractivity contribution in [2.75, 3.05) is 20.8 Å². The van der Waals surface area contributed by atoms with E-state index < -0.39 is 12.6 Å². The maximum atomic E-state index is 12.3. The monoisotopic (exact) mass is 342 g/mol. The molecule has 25 heavy (non-hydrogen) atoms. The molecule has 130 valence electrons. The van der Waals surface area contributed by atoms with Crippen LogP contribution in [0.5, 0.6) is 17.2 Å². The van der Waals surface area contributed by atoms with Crippen LogP contribution >= 0.6 is 0 Å². The van der Waals surface area contributed by atoms with Gasteiger partial charge in [-0.2, -0.15) is 0 Å². The number of allylic oxidation sites excluding steroid dienone is 1. The van der Waals surface area contributed by atoms with E-state index in [1.165, 1.54) is 13.2 Å². The molecule has 0 fully saturated rings. The highest BCUT2D eigenvalue weighted by atomic mass is 16.5. The Kier molecular flexibility index (Phi) is 6.17. The maximum Gasteiger partial charge on any atom is 0.341 e. The van der Waals surface area contributed by atoms with Crippen LogP contribution in [0.2, 0.25) is 0 Å². The number of carbonyl (C=O) groups is 2. The van der Waals surface area contributed by atoms with Crippen molar-refractivity contribution in [2.45, 2.75) is 0 Å². The summed E-state index contributed by atoms with van der Waals surface area (Å²) in [6.45, 7) is -0.398. The molecule has 2 rings (SSSR count). The number of carboxylic acids is 1.